The molecule has 0 spiro atoms. The minimum absolute atomic E-state index is 0.0187. The first-order valence-corrected chi connectivity index (χ1v) is 13.6. The van der Waals surface area contributed by atoms with E-state index in [4.69, 9.17) is 10.00 Å². The number of nitriles is 1. The highest BCUT2D eigenvalue weighted by molar-refractivity contribution is 6.00. The average Bonchev–Trinajstić information content (AvgIpc) is 3.01. The van der Waals surface area contributed by atoms with Gasteiger partial charge in [-0.25, -0.2) is 4.79 Å². The lowest BCUT2D eigenvalue weighted by molar-refractivity contribution is -0.134. The predicted molar refractivity (Wildman–Crippen MR) is 156 cm³/mol. The lowest BCUT2D eigenvalue weighted by Gasteiger charge is -2.34. The Hall–Kier alpha value is -4.46. The van der Waals surface area contributed by atoms with Crippen molar-refractivity contribution in [3.63, 3.8) is 0 Å². The van der Waals surface area contributed by atoms with Crippen LogP contribution in [0, 0.1) is 17.2 Å². The van der Waals surface area contributed by atoms with Crippen molar-refractivity contribution in [1.82, 2.24) is 14.8 Å². The van der Waals surface area contributed by atoms with Crippen molar-refractivity contribution in [1.29, 1.82) is 5.26 Å². The van der Waals surface area contributed by atoms with Crippen molar-refractivity contribution in [3.8, 4) is 11.8 Å². The standard InChI is InChI=1S/C31H36N6O4/c1-21-17-37(22(2)20-38)30(39)15-25-14-27(35-31(40)34-26-6-4-23(16-32)5-7-26)8-9-28(25)41-29(21)19-36(3)18-24-10-12-33-13-11-24/h4-14,21-22,29,38H,15,17-20H2,1-3H3,(H2,34,35,40)/t21-,22+,29+/m1/s1. The third kappa shape index (κ3) is 8.03. The monoisotopic (exact) mass is 556 g/mol. The van der Waals surface area contributed by atoms with Crippen LogP contribution in [0.5, 0.6) is 5.75 Å². The summed E-state index contributed by atoms with van der Waals surface area (Å²) in [7, 11) is 2.03. The van der Waals surface area contributed by atoms with E-state index in [2.05, 4.69) is 27.4 Å². The van der Waals surface area contributed by atoms with Crippen molar-refractivity contribution >= 4 is 23.3 Å². The van der Waals surface area contributed by atoms with Crippen molar-refractivity contribution in [2.45, 2.75) is 39.0 Å². The molecule has 0 bridgehead atoms. The Labute approximate surface area is 240 Å². The summed E-state index contributed by atoms with van der Waals surface area (Å²) in [5.41, 5.74) is 3.34. The third-order valence-corrected chi connectivity index (χ3v) is 7.14. The van der Waals surface area contributed by atoms with Crippen LogP contribution in [-0.4, -0.2) is 70.7 Å². The number of carbonyl (C=O) groups is 2. The fourth-order valence-corrected chi connectivity index (χ4v) is 4.82. The number of aliphatic hydroxyl groups excluding tert-OH is 1. The Bertz CT molecular complexity index is 1380. The van der Waals surface area contributed by atoms with E-state index in [1.165, 1.54) is 0 Å². The molecule has 3 N–H and O–H groups in total. The van der Waals surface area contributed by atoms with E-state index >= 15 is 0 Å². The molecule has 41 heavy (non-hydrogen) atoms. The zero-order chi connectivity index (χ0) is 29.4. The normalized spacial score (nSPS) is 17.8. The number of hydrogen-bond donors (Lipinski definition) is 3. The second-order valence-electron chi connectivity index (χ2n) is 10.5. The van der Waals surface area contributed by atoms with Crippen LogP contribution in [0.3, 0.4) is 0 Å². The zero-order valence-corrected chi connectivity index (χ0v) is 23.6. The second-order valence-corrected chi connectivity index (χ2v) is 10.5. The molecule has 4 rings (SSSR count). The maximum Gasteiger partial charge on any atom is 0.323 e. The van der Waals surface area contributed by atoms with Gasteiger partial charge in [0.2, 0.25) is 5.91 Å². The highest BCUT2D eigenvalue weighted by atomic mass is 16.5. The largest absolute Gasteiger partial charge is 0.488 e. The van der Waals surface area contributed by atoms with Crippen LogP contribution >= 0.6 is 0 Å². The number of anilines is 2. The second kappa shape index (κ2) is 13.7. The number of hydrogen-bond acceptors (Lipinski definition) is 7. The average molecular weight is 557 g/mol. The van der Waals surface area contributed by atoms with Gasteiger partial charge >= 0.3 is 6.03 Å². The van der Waals surface area contributed by atoms with Crippen LogP contribution in [0.25, 0.3) is 0 Å². The van der Waals surface area contributed by atoms with Crippen LogP contribution in [0.15, 0.2) is 67.0 Å². The topological polar surface area (TPSA) is 131 Å². The number of nitrogens with one attached hydrogen (secondary N) is 2. The van der Waals surface area contributed by atoms with E-state index in [-0.39, 0.29) is 37.0 Å². The number of rotatable bonds is 8. The molecule has 1 aromatic heterocycles. The van der Waals surface area contributed by atoms with Gasteiger partial charge in [0.1, 0.15) is 11.9 Å². The number of benzene rings is 2. The molecule has 2 heterocycles. The number of fused-ring (bicyclic) bond motifs is 1. The highest BCUT2D eigenvalue weighted by Gasteiger charge is 2.31. The molecule has 3 aromatic rings. The summed E-state index contributed by atoms with van der Waals surface area (Å²) in [6.07, 6.45) is 3.38. The lowest BCUT2D eigenvalue weighted by atomic mass is 10.0. The van der Waals surface area contributed by atoms with Crippen molar-refractivity contribution in [3.05, 3.63) is 83.7 Å². The minimum Gasteiger partial charge on any atom is -0.488 e. The number of urea groups is 1. The predicted octanol–water partition coefficient (Wildman–Crippen LogP) is 3.88. The summed E-state index contributed by atoms with van der Waals surface area (Å²) in [4.78, 5) is 34.1. The number of pyridine rings is 1. The first-order valence-electron chi connectivity index (χ1n) is 13.6. The first kappa shape index (κ1) is 29.5. The summed E-state index contributed by atoms with van der Waals surface area (Å²) < 4.78 is 6.57. The van der Waals surface area contributed by atoms with E-state index in [0.29, 0.717) is 41.3 Å². The van der Waals surface area contributed by atoms with Crippen LogP contribution in [0.4, 0.5) is 16.2 Å². The van der Waals surface area contributed by atoms with Gasteiger partial charge in [-0.2, -0.15) is 5.26 Å². The van der Waals surface area contributed by atoms with Crippen molar-refractivity contribution < 1.29 is 19.4 Å². The fraction of sp³-hybridized carbons (Fsp3) is 0.355. The van der Waals surface area contributed by atoms with E-state index in [0.717, 1.165) is 12.1 Å². The minimum atomic E-state index is -0.454. The van der Waals surface area contributed by atoms with Gasteiger partial charge in [-0.3, -0.25) is 14.7 Å². The molecule has 0 saturated heterocycles. The number of amides is 3. The SMILES string of the molecule is C[C@@H]1CN([C@@H](C)CO)C(=O)Cc2cc(NC(=O)Nc3ccc(C#N)cc3)ccc2O[C@H]1CN(C)Cc1ccncc1. The van der Waals surface area contributed by atoms with Gasteiger partial charge in [0.15, 0.2) is 0 Å². The van der Waals surface area contributed by atoms with Crippen LogP contribution < -0.4 is 15.4 Å². The molecule has 0 saturated carbocycles. The van der Waals surface area contributed by atoms with Gasteiger partial charge in [-0.15, -0.1) is 0 Å². The quantitative estimate of drug-likeness (QED) is 0.384. The highest BCUT2D eigenvalue weighted by Crippen LogP contribution is 2.29. The van der Waals surface area contributed by atoms with E-state index in [1.54, 1.807) is 59.8 Å². The summed E-state index contributed by atoms with van der Waals surface area (Å²) in [6, 6.07) is 17.0. The fourth-order valence-electron chi connectivity index (χ4n) is 4.82. The summed E-state index contributed by atoms with van der Waals surface area (Å²) >= 11 is 0. The summed E-state index contributed by atoms with van der Waals surface area (Å²) in [5, 5.41) is 24.4. The van der Waals surface area contributed by atoms with Crippen molar-refractivity contribution in [2.75, 3.05) is 37.4 Å². The maximum atomic E-state index is 13.4. The molecule has 10 nitrogen and oxygen atoms in total. The molecule has 3 atom stereocenters. The Kier molecular flexibility index (Phi) is 9.90. The third-order valence-electron chi connectivity index (χ3n) is 7.14. The molecular formula is C31H36N6O4. The Morgan fingerprint density at radius 3 is 2.54 bits per heavy atom. The van der Waals surface area contributed by atoms with Gasteiger partial charge in [-0.1, -0.05) is 6.92 Å². The van der Waals surface area contributed by atoms with Crippen molar-refractivity contribution in [2.24, 2.45) is 5.92 Å². The van der Waals surface area contributed by atoms with Gasteiger partial charge in [0, 0.05) is 54.9 Å². The van der Waals surface area contributed by atoms with Gasteiger partial charge < -0.3 is 25.4 Å². The number of likely N-dealkylation sites (N-methyl/N-ethyl adjacent to an activating group) is 1. The van der Waals surface area contributed by atoms with E-state index in [1.807, 2.05) is 32.2 Å². The molecule has 3 amide bonds. The Morgan fingerprint density at radius 1 is 1.17 bits per heavy atom. The van der Waals surface area contributed by atoms with Gasteiger partial charge in [-0.05, 0) is 74.1 Å². The van der Waals surface area contributed by atoms with Crippen LogP contribution in [0.1, 0.15) is 30.5 Å². The molecule has 0 radical (unpaired) electrons. The van der Waals surface area contributed by atoms with Gasteiger partial charge in [0.25, 0.3) is 0 Å². The number of carbonyl (C=O) groups excluding carboxylic acids is 2. The molecule has 2 aromatic carbocycles. The first-order chi connectivity index (χ1) is 19.7. The molecule has 1 aliphatic heterocycles. The number of aliphatic hydroxyl groups is 1. The molecule has 214 valence electrons. The summed E-state index contributed by atoms with van der Waals surface area (Å²) in [5.74, 6) is 0.451. The Morgan fingerprint density at radius 2 is 1.85 bits per heavy atom. The Balaban J connectivity index is 1.55. The van der Waals surface area contributed by atoms with E-state index in [9.17, 15) is 14.7 Å². The van der Waals surface area contributed by atoms with E-state index < -0.39 is 6.03 Å². The summed E-state index contributed by atoms with van der Waals surface area (Å²) in [6.45, 7) is 5.53. The van der Waals surface area contributed by atoms with Crippen LogP contribution in [-0.2, 0) is 17.8 Å². The molecular weight excluding hydrogens is 520 g/mol. The van der Waals surface area contributed by atoms with Crippen LogP contribution in [0.2, 0.25) is 0 Å². The molecule has 0 aliphatic carbocycles. The van der Waals surface area contributed by atoms with Gasteiger partial charge in [0.05, 0.1) is 30.7 Å². The number of ether oxygens (including phenoxy) is 1. The number of aromatic nitrogens is 1. The smallest absolute Gasteiger partial charge is 0.323 e. The molecule has 1 aliphatic rings. The molecule has 10 heteroatoms. The maximum absolute atomic E-state index is 13.4. The molecule has 0 fully saturated rings. The molecule has 0 unspecified atom stereocenters. The number of nitrogens with zero attached hydrogens (tertiary/aromatic N) is 4. The zero-order valence-electron chi connectivity index (χ0n) is 23.6. The lowest BCUT2D eigenvalue weighted by Crippen LogP contribution is -2.47.